The fraction of sp³-hybridized carbons (Fsp3) is 0.308. The van der Waals surface area contributed by atoms with Gasteiger partial charge in [0.05, 0.1) is 7.11 Å². The molecule has 0 fully saturated rings. The molecule has 0 aliphatic carbocycles. The Morgan fingerprint density at radius 2 is 1.63 bits per heavy atom. The molecule has 0 unspecified atom stereocenters. The van der Waals surface area contributed by atoms with Gasteiger partial charge in [-0.05, 0) is 23.6 Å². The second kappa shape index (κ2) is 5.51. The summed E-state index contributed by atoms with van der Waals surface area (Å²) in [5.41, 5.74) is 6.77. The second-order valence-electron chi connectivity index (χ2n) is 4.29. The van der Waals surface area contributed by atoms with Crippen molar-refractivity contribution in [1.82, 2.24) is 15.0 Å². The Bertz CT molecular complexity index is 555. The number of aromatic nitrogens is 3. The molecule has 2 aromatic rings. The standard InChI is InChI=1S/C13H16N4O2/c1-8(2)9-4-6-10(7-5-9)19-13-16-11(14)15-12(17-13)18-3/h4-8H,1-3H3,(H2,14,15,16,17). The van der Waals surface area contributed by atoms with Gasteiger partial charge < -0.3 is 15.2 Å². The normalized spacial score (nSPS) is 10.5. The molecule has 0 aliphatic heterocycles. The van der Waals surface area contributed by atoms with Crippen LogP contribution in [0.1, 0.15) is 25.3 Å². The molecule has 0 spiro atoms. The van der Waals surface area contributed by atoms with Gasteiger partial charge in [0.15, 0.2) is 0 Å². The van der Waals surface area contributed by atoms with Crippen molar-refractivity contribution >= 4 is 5.95 Å². The van der Waals surface area contributed by atoms with Gasteiger partial charge in [-0.15, -0.1) is 4.98 Å². The van der Waals surface area contributed by atoms with Crippen molar-refractivity contribution in [2.45, 2.75) is 19.8 Å². The van der Waals surface area contributed by atoms with E-state index < -0.39 is 0 Å². The molecular weight excluding hydrogens is 244 g/mol. The summed E-state index contributed by atoms with van der Waals surface area (Å²) >= 11 is 0. The lowest BCUT2D eigenvalue weighted by atomic mass is 10.0. The van der Waals surface area contributed by atoms with E-state index in [2.05, 4.69) is 28.8 Å². The lowest BCUT2D eigenvalue weighted by Crippen LogP contribution is -2.02. The minimum atomic E-state index is 0.0562. The summed E-state index contributed by atoms with van der Waals surface area (Å²) in [5.74, 6) is 1.17. The predicted octanol–water partition coefficient (Wildman–Crippen LogP) is 2.38. The first-order valence-corrected chi connectivity index (χ1v) is 5.92. The lowest BCUT2D eigenvalue weighted by Gasteiger charge is -2.08. The number of nitrogens with two attached hydrogens (primary N) is 1. The van der Waals surface area contributed by atoms with Crippen molar-refractivity contribution in [2.24, 2.45) is 0 Å². The maximum atomic E-state index is 5.53. The average Bonchev–Trinajstić information content (AvgIpc) is 2.38. The Morgan fingerprint density at radius 3 is 2.21 bits per heavy atom. The molecule has 0 radical (unpaired) electrons. The molecule has 0 amide bonds. The van der Waals surface area contributed by atoms with Gasteiger partial charge in [-0.3, -0.25) is 0 Å². The van der Waals surface area contributed by atoms with Gasteiger partial charge in [0.25, 0.3) is 0 Å². The Morgan fingerprint density at radius 1 is 1.00 bits per heavy atom. The summed E-state index contributed by atoms with van der Waals surface area (Å²) in [5, 5.41) is 0. The summed E-state index contributed by atoms with van der Waals surface area (Å²) in [7, 11) is 1.45. The Labute approximate surface area is 111 Å². The summed E-state index contributed by atoms with van der Waals surface area (Å²) in [6, 6.07) is 7.97. The number of ether oxygens (including phenoxy) is 2. The number of benzene rings is 1. The third-order valence-electron chi connectivity index (χ3n) is 2.55. The SMILES string of the molecule is COc1nc(N)nc(Oc2ccc(C(C)C)cc2)n1. The summed E-state index contributed by atoms with van der Waals surface area (Å²) in [6.45, 7) is 4.26. The van der Waals surface area contributed by atoms with Gasteiger partial charge in [0.1, 0.15) is 5.75 Å². The summed E-state index contributed by atoms with van der Waals surface area (Å²) in [4.78, 5) is 11.6. The van der Waals surface area contributed by atoms with Crippen LogP contribution in [0.2, 0.25) is 0 Å². The van der Waals surface area contributed by atoms with E-state index in [1.807, 2.05) is 24.3 Å². The third-order valence-corrected chi connectivity index (χ3v) is 2.55. The quantitative estimate of drug-likeness (QED) is 0.908. The number of rotatable bonds is 4. The molecule has 6 heteroatoms. The Balaban J connectivity index is 2.18. The number of anilines is 1. The van der Waals surface area contributed by atoms with E-state index >= 15 is 0 Å². The number of nitrogen functional groups attached to an aromatic ring is 1. The van der Waals surface area contributed by atoms with Crippen LogP contribution >= 0.6 is 0 Å². The maximum Gasteiger partial charge on any atom is 0.330 e. The van der Waals surface area contributed by atoms with Crippen LogP contribution in [-0.2, 0) is 0 Å². The van der Waals surface area contributed by atoms with Crippen molar-refractivity contribution in [2.75, 3.05) is 12.8 Å². The smallest absolute Gasteiger partial charge is 0.330 e. The van der Waals surface area contributed by atoms with Crippen LogP contribution in [-0.4, -0.2) is 22.1 Å². The van der Waals surface area contributed by atoms with Gasteiger partial charge in [0, 0.05) is 0 Å². The van der Waals surface area contributed by atoms with E-state index in [9.17, 15) is 0 Å². The van der Waals surface area contributed by atoms with Gasteiger partial charge >= 0.3 is 12.0 Å². The molecule has 0 saturated carbocycles. The molecule has 6 nitrogen and oxygen atoms in total. The zero-order valence-electron chi connectivity index (χ0n) is 11.1. The highest BCUT2D eigenvalue weighted by atomic mass is 16.5. The molecule has 0 aliphatic rings. The largest absolute Gasteiger partial charge is 0.467 e. The van der Waals surface area contributed by atoms with Crippen LogP contribution in [0.3, 0.4) is 0 Å². The second-order valence-corrected chi connectivity index (χ2v) is 4.29. The number of nitrogens with zero attached hydrogens (tertiary/aromatic N) is 3. The molecule has 1 heterocycles. The van der Waals surface area contributed by atoms with Crippen LogP contribution < -0.4 is 15.2 Å². The van der Waals surface area contributed by atoms with E-state index in [0.29, 0.717) is 11.7 Å². The van der Waals surface area contributed by atoms with Gasteiger partial charge in [-0.25, -0.2) is 0 Å². The highest BCUT2D eigenvalue weighted by Crippen LogP contribution is 2.22. The summed E-state index contributed by atoms with van der Waals surface area (Å²) < 4.78 is 10.4. The summed E-state index contributed by atoms with van der Waals surface area (Å²) in [6.07, 6.45) is 0. The van der Waals surface area contributed by atoms with E-state index in [4.69, 9.17) is 15.2 Å². The minimum Gasteiger partial charge on any atom is -0.467 e. The van der Waals surface area contributed by atoms with Crippen molar-refractivity contribution in [3.63, 3.8) is 0 Å². The average molecular weight is 260 g/mol. The maximum absolute atomic E-state index is 5.53. The van der Waals surface area contributed by atoms with Crippen molar-refractivity contribution in [3.05, 3.63) is 29.8 Å². The first-order chi connectivity index (χ1) is 9.08. The fourth-order valence-corrected chi connectivity index (χ4v) is 1.52. The van der Waals surface area contributed by atoms with Crippen LogP contribution in [0.15, 0.2) is 24.3 Å². The van der Waals surface area contributed by atoms with Gasteiger partial charge in [-0.1, -0.05) is 26.0 Å². The zero-order chi connectivity index (χ0) is 13.8. The number of hydrogen-bond donors (Lipinski definition) is 1. The highest BCUT2D eigenvalue weighted by Gasteiger charge is 2.07. The monoisotopic (exact) mass is 260 g/mol. The van der Waals surface area contributed by atoms with Gasteiger partial charge in [0.2, 0.25) is 5.95 Å². The van der Waals surface area contributed by atoms with Crippen LogP contribution in [0.5, 0.6) is 17.8 Å². The number of methoxy groups -OCH3 is 1. The highest BCUT2D eigenvalue weighted by molar-refractivity contribution is 5.31. The van der Waals surface area contributed by atoms with E-state index in [1.165, 1.54) is 12.7 Å². The minimum absolute atomic E-state index is 0.0562. The van der Waals surface area contributed by atoms with Crippen LogP contribution in [0.4, 0.5) is 5.95 Å². The molecule has 0 atom stereocenters. The molecule has 0 saturated heterocycles. The molecule has 19 heavy (non-hydrogen) atoms. The van der Waals surface area contributed by atoms with Crippen molar-refractivity contribution in [1.29, 1.82) is 0 Å². The Hall–Kier alpha value is -2.37. The van der Waals surface area contributed by atoms with Gasteiger partial charge in [-0.2, -0.15) is 9.97 Å². The molecule has 1 aromatic carbocycles. The zero-order valence-corrected chi connectivity index (χ0v) is 11.1. The number of hydrogen-bond acceptors (Lipinski definition) is 6. The fourth-order valence-electron chi connectivity index (χ4n) is 1.52. The van der Waals surface area contributed by atoms with Crippen molar-refractivity contribution < 1.29 is 9.47 Å². The van der Waals surface area contributed by atoms with Crippen LogP contribution in [0, 0.1) is 0 Å². The van der Waals surface area contributed by atoms with Crippen molar-refractivity contribution in [3.8, 4) is 17.8 Å². The molecule has 0 bridgehead atoms. The van der Waals surface area contributed by atoms with Crippen LogP contribution in [0.25, 0.3) is 0 Å². The first-order valence-electron chi connectivity index (χ1n) is 5.92. The molecule has 2 N–H and O–H groups in total. The predicted molar refractivity (Wildman–Crippen MR) is 71.4 cm³/mol. The molecular formula is C13H16N4O2. The van der Waals surface area contributed by atoms with E-state index in [0.717, 1.165) is 0 Å². The molecule has 100 valence electrons. The van der Waals surface area contributed by atoms with E-state index in [1.54, 1.807) is 0 Å². The topological polar surface area (TPSA) is 83.2 Å². The third kappa shape index (κ3) is 3.31. The van der Waals surface area contributed by atoms with E-state index in [-0.39, 0.29) is 18.0 Å². The molecule has 2 rings (SSSR count). The Kier molecular flexibility index (Phi) is 3.79. The lowest BCUT2D eigenvalue weighted by molar-refractivity contribution is 0.360. The molecule has 1 aromatic heterocycles. The first kappa shape index (κ1) is 13.1.